The highest BCUT2D eigenvalue weighted by Gasteiger charge is 2.47. The van der Waals surface area contributed by atoms with Crippen molar-refractivity contribution in [2.45, 2.75) is 57.7 Å². The standard InChI is InChI=1S/C17H19F3O2/c1-15(2)6-3-7-16(10-15)9-13(21)12-5-4-11(17(18,19)20)8-14(12)22-16/h4-5,8H,3,6-7,9-10H2,1-2H3. The van der Waals surface area contributed by atoms with Crippen molar-refractivity contribution in [2.24, 2.45) is 5.41 Å². The number of hydrogen-bond acceptors (Lipinski definition) is 2. The second-order valence-electron chi connectivity index (χ2n) is 7.29. The van der Waals surface area contributed by atoms with Gasteiger partial charge in [0, 0.05) is 0 Å². The molecule has 0 N–H and O–H groups in total. The highest BCUT2D eigenvalue weighted by atomic mass is 19.4. The maximum Gasteiger partial charge on any atom is 0.416 e. The van der Waals surface area contributed by atoms with Crippen LogP contribution in [0.2, 0.25) is 0 Å². The molecule has 0 amide bonds. The van der Waals surface area contributed by atoms with Gasteiger partial charge >= 0.3 is 6.18 Å². The van der Waals surface area contributed by atoms with Crippen LogP contribution in [0.1, 0.15) is 61.9 Å². The zero-order valence-corrected chi connectivity index (χ0v) is 12.7. The third-order valence-corrected chi connectivity index (χ3v) is 4.71. The molecule has 1 saturated carbocycles. The van der Waals surface area contributed by atoms with Crippen molar-refractivity contribution < 1.29 is 22.7 Å². The Morgan fingerprint density at radius 3 is 2.55 bits per heavy atom. The summed E-state index contributed by atoms with van der Waals surface area (Å²) in [5.74, 6) is -0.0311. The molecule has 2 nitrogen and oxygen atoms in total. The highest BCUT2D eigenvalue weighted by Crippen LogP contribution is 2.48. The van der Waals surface area contributed by atoms with E-state index in [1.165, 1.54) is 6.07 Å². The summed E-state index contributed by atoms with van der Waals surface area (Å²) in [7, 11) is 0. The minimum Gasteiger partial charge on any atom is -0.486 e. The Hall–Kier alpha value is -1.52. The van der Waals surface area contributed by atoms with Gasteiger partial charge in [0.15, 0.2) is 5.78 Å². The number of halogens is 3. The summed E-state index contributed by atoms with van der Waals surface area (Å²) in [6.07, 6.45) is -0.789. The molecule has 0 radical (unpaired) electrons. The van der Waals surface area contributed by atoms with Gasteiger partial charge in [-0.1, -0.05) is 13.8 Å². The average Bonchev–Trinajstić information content (AvgIpc) is 2.35. The number of ketones is 1. The van der Waals surface area contributed by atoms with Crippen molar-refractivity contribution in [3.05, 3.63) is 29.3 Å². The molecule has 1 spiro atoms. The summed E-state index contributed by atoms with van der Waals surface area (Å²) in [6.45, 7) is 4.23. The zero-order valence-electron chi connectivity index (χ0n) is 12.7. The molecule has 2 aliphatic rings. The maximum atomic E-state index is 12.9. The Morgan fingerprint density at radius 2 is 1.91 bits per heavy atom. The van der Waals surface area contributed by atoms with Gasteiger partial charge in [0.1, 0.15) is 11.4 Å². The van der Waals surface area contributed by atoms with E-state index in [2.05, 4.69) is 13.8 Å². The summed E-state index contributed by atoms with van der Waals surface area (Å²) in [4.78, 5) is 12.4. The fraction of sp³-hybridized carbons (Fsp3) is 0.588. The predicted molar refractivity (Wildman–Crippen MR) is 76.0 cm³/mol. The van der Waals surface area contributed by atoms with Gasteiger partial charge in [-0.15, -0.1) is 0 Å². The molecule has 1 heterocycles. The van der Waals surface area contributed by atoms with Crippen molar-refractivity contribution in [3.8, 4) is 5.75 Å². The smallest absolute Gasteiger partial charge is 0.416 e. The Bertz CT molecular complexity index is 619. The van der Waals surface area contributed by atoms with Gasteiger partial charge in [-0.05, 0) is 49.3 Å². The second kappa shape index (κ2) is 4.74. The SMILES string of the molecule is CC1(C)CCCC2(CC(=O)c3ccc(C(F)(F)F)cc3O2)C1. The van der Waals surface area contributed by atoms with Crippen LogP contribution in [0.15, 0.2) is 18.2 Å². The second-order valence-corrected chi connectivity index (χ2v) is 7.29. The molecule has 1 aliphatic heterocycles. The molecular weight excluding hydrogens is 293 g/mol. The highest BCUT2D eigenvalue weighted by molar-refractivity contribution is 6.00. The van der Waals surface area contributed by atoms with E-state index in [-0.39, 0.29) is 28.9 Å². The fourth-order valence-corrected chi connectivity index (χ4v) is 3.85. The van der Waals surface area contributed by atoms with Gasteiger partial charge in [-0.3, -0.25) is 4.79 Å². The fourth-order valence-electron chi connectivity index (χ4n) is 3.85. The molecule has 1 aromatic carbocycles. The van der Waals surface area contributed by atoms with Crippen molar-refractivity contribution in [3.63, 3.8) is 0 Å². The van der Waals surface area contributed by atoms with E-state index in [0.29, 0.717) is 6.42 Å². The van der Waals surface area contributed by atoms with Crippen LogP contribution < -0.4 is 4.74 Å². The molecule has 1 unspecified atom stereocenters. The number of benzene rings is 1. The Balaban J connectivity index is 1.99. The Morgan fingerprint density at radius 1 is 1.18 bits per heavy atom. The van der Waals surface area contributed by atoms with E-state index in [1.54, 1.807) is 0 Å². The lowest BCUT2D eigenvalue weighted by atomic mass is 9.67. The first-order chi connectivity index (χ1) is 10.1. The van der Waals surface area contributed by atoms with Crippen LogP contribution >= 0.6 is 0 Å². The van der Waals surface area contributed by atoms with Gasteiger partial charge in [0.25, 0.3) is 0 Å². The molecule has 22 heavy (non-hydrogen) atoms. The number of carbonyl (C=O) groups is 1. The molecule has 3 rings (SSSR count). The van der Waals surface area contributed by atoms with Crippen LogP contribution in [0.25, 0.3) is 0 Å². The summed E-state index contributed by atoms with van der Waals surface area (Å²) < 4.78 is 44.6. The van der Waals surface area contributed by atoms with Crippen molar-refractivity contribution in [1.29, 1.82) is 0 Å². The molecule has 1 atom stereocenters. The lowest BCUT2D eigenvalue weighted by Gasteiger charge is -2.46. The van der Waals surface area contributed by atoms with Crippen LogP contribution in [0.4, 0.5) is 13.2 Å². The minimum absolute atomic E-state index is 0.0394. The first-order valence-electron chi connectivity index (χ1n) is 7.54. The van der Waals surface area contributed by atoms with Gasteiger partial charge < -0.3 is 4.74 Å². The number of hydrogen-bond donors (Lipinski definition) is 0. The number of ether oxygens (including phenoxy) is 1. The van der Waals surface area contributed by atoms with Gasteiger partial charge in [-0.25, -0.2) is 0 Å². The van der Waals surface area contributed by atoms with Crippen LogP contribution in [0.3, 0.4) is 0 Å². The predicted octanol–water partition coefficient (Wildman–Crippen LogP) is 5.01. The maximum absolute atomic E-state index is 12.9. The van der Waals surface area contributed by atoms with Gasteiger partial charge in [0.05, 0.1) is 17.5 Å². The number of Topliss-reactive ketones (excluding diaryl/α,β-unsaturated/α-hetero) is 1. The van der Waals surface area contributed by atoms with Crippen LogP contribution in [-0.4, -0.2) is 11.4 Å². The normalized spacial score (nSPS) is 27.4. The third-order valence-electron chi connectivity index (χ3n) is 4.71. The summed E-state index contributed by atoms with van der Waals surface area (Å²) >= 11 is 0. The molecule has 0 bridgehead atoms. The van der Waals surface area contributed by atoms with E-state index in [0.717, 1.165) is 31.4 Å². The molecule has 1 aliphatic carbocycles. The zero-order chi connectivity index (χ0) is 16.2. The monoisotopic (exact) mass is 312 g/mol. The van der Waals surface area contributed by atoms with Crippen molar-refractivity contribution in [1.82, 2.24) is 0 Å². The van der Waals surface area contributed by atoms with Crippen molar-refractivity contribution in [2.75, 3.05) is 0 Å². The molecule has 1 fully saturated rings. The van der Waals surface area contributed by atoms with E-state index in [9.17, 15) is 18.0 Å². The topological polar surface area (TPSA) is 26.3 Å². The Labute approximate surface area is 127 Å². The van der Waals surface area contributed by atoms with E-state index < -0.39 is 17.3 Å². The molecular formula is C17H19F3O2. The number of carbonyl (C=O) groups excluding carboxylic acids is 1. The number of alkyl halides is 3. The van der Waals surface area contributed by atoms with E-state index in [4.69, 9.17) is 4.74 Å². The largest absolute Gasteiger partial charge is 0.486 e. The molecule has 1 aromatic rings. The van der Waals surface area contributed by atoms with Crippen LogP contribution in [0, 0.1) is 5.41 Å². The van der Waals surface area contributed by atoms with Crippen LogP contribution in [0.5, 0.6) is 5.75 Å². The molecule has 0 saturated heterocycles. The number of rotatable bonds is 0. The summed E-state index contributed by atoms with van der Waals surface area (Å²) in [5.41, 5.74) is -1.11. The summed E-state index contributed by atoms with van der Waals surface area (Å²) in [6, 6.07) is 3.15. The van der Waals surface area contributed by atoms with E-state index >= 15 is 0 Å². The molecule has 5 heteroatoms. The molecule has 120 valence electrons. The van der Waals surface area contributed by atoms with Crippen molar-refractivity contribution >= 4 is 5.78 Å². The first-order valence-corrected chi connectivity index (χ1v) is 7.54. The van der Waals surface area contributed by atoms with E-state index in [1.807, 2.05) is 0 Å². The first kappa shape index (κ1) is 15.4. The lowest BCUT2D eigenvalue weighted by Crippen LogP contribution is -2.47. The Kier molecular flexibility index (Phi) is 3.31. The van der Waals surface area contributed by atoms with Gasteiger partial charge in [-0.2, -0.15) is 13.2 Å². The number of fused-ring (bicyclic) bond motifs is 1. The quantitative estimate of drug-likeness (QED) is 0.673. The summed E-state index contributed by atoms with van der Waals surface area (Å²) in [5, 5.41) is 0. The lowest BCUT2D eigenvalue weighted by molar-refractivity contribution is -0.138. The molecule has 0 aromatic heterocycles. The minimum atomic E-state index is -4.43. The third kappa shape index (κ3) is 2.73. The van der Waals surface area contributed by atoms with Gasteiger partial charge in [0.2, 0.25) is 0 Å². The van der Waals surface area contributed by atoms with Crippen LogP contribution in [-0.2, 0) is 6.18 Å². The average molecular weight is 312 g/mol.